The maximum Gasteiger partial charge on any atom is 0.255 e. The highest BCUT2D eigenvalue weighted by Crippen LogP contribution is 2.23. The molecule has 1 aliphatic carbocycles. The number of nitrogens with two attached hydrogens (primary N) is 1. The molecule has 1 aromatic carbocycles. The molecule has 1 saturated carbocycles. The zero-order valence-electron chi connectivity index (χ0n) is 11.4. The Hall–Kier alpha value is -1.55. The lowest BCUT2D eigenvalue weighted by atomic mass is 9.86. The molecule has 1 aliphatic rings. The Morgan fingerprint density at radius 1 is 1.47 bits per heavy atom. The second-order valence-corrected chi connectivity index (χ2v) is 5.52. The van der Waals surface area contributed by atoms with Crippen molar-refractivity contribution in [1.82, 2.24) is 5.32 Å². The van der Waals surface area contributed by atoms with Crippen LogP contribution in [0.4, 0.5) is 0 Å². The number of hydrogen-bond donors (Lipinski definition) is 3. The molecule has 4 heteroatoms. The first-order valence-corrected chi connectivity index (χ1v) is 6.89. The van der Waals surface area contributed by atoms with E-state index in [1.165, 1.54) is 0 Å². The summed E-state index contributed by atoms with van der Waals surface area (Å²) in [5, 5.41) is 12.7. The summed E-state index contributed by atoms with van der Waals surface area (Å²) in [6.07, 6.45) is 4.31. The SMILES string of the molecule is Cc1ccc(C(=O)NCC2CCCC(N)C2)c(O)c1. The van der Waals surface area contributed by atoms with Crippen LogP contribution < -0.4 is 11.1 Å². The van der Waals surface area contributed by atoms with Gasteiger partial charge in [0, 0.05) is 12.6 Å². The van der Waals surface area contributed by atoms with Crippen LogP contribution >= 0.6 is 0 Å². The van der Waals surface area contributed by atoms with Gasteiger partial charge in [-0.05, 0) is 49.8 Å². The number of aromatic hydroxyl groups is 1. The van der Waals surface area contributed by atoms with Crippen molar-refractivity contribution in [1.29, 1.82) is 0 Å². The van der Waals surface area contributed by atoms with Crippen LogP contribution in [0.3, 0.4) is 0 Å². The van der Waals surface area contributed by atoms with Crippen molar-refractivity contribution in [3.05, 3.63) is 29.3 Å². The third-order valence-corrected chi connectivity index (χ3v) is 3.77. The molecule has 2 unspecified atom stereocenters. The summed E-state index contributed by atoms with van der Waals surface area (Å²) < 4.78 is 0. The van der Waals surface area contributed by atoms with Crippen LogP contribution in [0.1, 0.15) is 41.6 Å². The molecule has 0 radical (unpaired) electrons. The van der Waals surface area contributed by atoms with Gasteiger partial charge >= 0.3 is 0 Å². The highest BCUT2D eigenvalue weighted by molar-refractivity contribution is 5.96. The van der Waals surface area contributed by atoms with Gasteiger partial charge in [0.05, 0.1) is 5.56 Å². The van der Waals surface area contributed by atoms with E-state index >= 15 is 0 Å². The summed E-state index contributed by atoms with van der Waals surface area (Å²) in [6, 6.07) is 5.35. The molecule has 2 atom stereocenters. The number of nitrogens with one attached hydrogen (secondary N) is 1. The van der Waals surface area contributed by atoms with Crippen molar-refractivity contribution in [3.8, 4) is 5.75 Å². The van der Waals surface area contributed by atoms with Gasteiger partial charge in [0.15, 0.2) is 0 Å². The van der Waals surface area contributed by atoms with Crippen LogP contribution in [0.2, 0.25) is 0 Å². The lowest BCUT2D eigenvalue weighted by molar-refractivity contribution is 0.0940. The fourth-order valence-electron chi connectivity index (χ4n) is 2.68. The van der Waals surface area contributed by atoms with E-state index in [-0.39, 0.29) is 17.7 Å². The number of hydrogen-bond acceptors (Lipinski definition) is 3. The predicted molar refractivity (Wildman–Crippen MR) is 75.1 cm³/mol. The number of carbonyl (C=O) groups excluding carboxylic acids is 1. The molecule has 4 nitrogen and oxygen atoms in total. The standard InChI is InChI=1S/C15H22N2O2/c1-10-5-6-13(14(18)7-10)15(19)17-9-11-3-2-4-12(16)8-11/h5-7,11-12,18H,2-4,8-9,16H2,1H3,(H,17,19). The first-order valence-electron chi connectivity index (χ1n) is 6.89. The van der Waals surface area contributed by atoms with Gasteiger partial charge in [-0.3, -0.25) is 4.79 Å². The summed E-state index contributed by atoms with van der Waals surface area (Å²) in [4.78, 5) is 12.0. The second-order valence-electron chi connectivity index (χ2n) is 5.52. The Morgan fingerprint density at radius 3 is 2.95 bits per heavy atom. The normalized spacial score (nSPS) is 23.1. The summed E-state index contributed by atoms with van der Waals surface area (Å²) >= 11 is 0. The van der Waals surface area contributed by atoms with Crippen LogP contribution in [0.25, 0.3) is 0 Å². The van der Waals surface area contributed by atoms with Crippen LogP contribution in [0.5, 0.6) is 5.75 Å². The number of phenols is 1. The third kappa shape index (κ3) is 3.70. The van der Waals surface area contributed by atoms with Crippen molar-refractivity contribution >= 4 is 5.91 Å². The van der Waals surface area contributed by atoms with Crippen molar-refractivity contribution in [2.45, 2.75) is 38.6 Å². The van der Waals surface area contributed by atoms with E-state index in [2.05, 4.69) is 5.32 Å². The van der Waals surface area contributed by atoms with Gasteiger partial charge in [-0.2, -0.15) is 0 Å². The summed E-state index contributed by atoms with van der Waals surface area (Å²) in [6.45, 7) is 2.52. The van der Waals surface area contributed by atoms with E-state index in [1.54, 1.807) is 12.1 Å². The molecular weight excluding hydrogens is 240 g/mol. The van der Waals surface area contributed by atoms with Crippen LogP contribution in [-0.2, 0) is 0 Å². The van der Waals surface area contributed by atoms with Gasteiger partial charge in [0.2, 0.25) is 0 Å². The number of rotatable bonds is 3. The van der Waals surface area contributed by atoms with Crippen molar-refractivity contribution in [2.24, 2.45) is 11.7 Å². The first kappa shape index (κ1) is 13.9. The fourth-order valence-corrected chi connectivity index (χ4v) is 2.68. The highest BCUT2D eigenvalue weighted by atomic mass is 16.3. The van der Waals surface area contributed by atoms with Gasteiger partial charge in [-0.25, -0.2) is 0 Å². The van der Waals surface area contributed by atoms with Crippen LogP contribution in [0.15, 0.2) is 18.2 Å². The van der Waals surface area contributed by atoms with E-state index in [9.17, 15) is 9.90 Å². The number of phenolic OH excluding ortho intramolecular Hbond substituents is 1. The molecule has 0 saturated heterocycles. The van der Waals surface area contributed by atoms with E-state index in [1.807, 2.05) is 13.0 Å². The molecule has 2 rings (SSSR count). The smallest absolute Gasteiger partial charge is 0.255 e. The van der Waals surface area contributed by atoms with Gasteiger partial charge in [-0.15, -0.1) is 0 Å². The van der Waals surface area contributed by atoms with Gasteiger partial charge in [-0.1, -0.05) is 12.5 Å². The Labute approximate surface area is 114 Å². The van der Waals surface area contributed by atoms with E-state index in [0.717, 1.165) is 31.2 Å². The van der Waals surface area contributed by atoms with Crippen LogP contribution in [0, 0.1) is 12.8 Å². The van der Waals surface area contributed by atoms with Crippen molar-refractivity contribution in [3.63, 3.8) is 0 Å². The summed E-state index contributed by atoms with van der Waals surface area (Å²) in [5.74, 6) is 0.287. The summed E-state index contributed by atoms with van der Waals surface area (Å²) in [7, 11) is 0. The lowest BCUT2D eigenvalue weighted by Gasteiger charge is -2.26. The van der Waals surface area contributed by atoms with Gasteiger partial charge in [0.25, 0.3) is 5.91 Å². The molecule has 0 heterocycles. The molecule has 0 aliphatic heterocycles. The average molecular weight is 262 g/mol. The van der Waals surface area contributed by atoms with E-state index < -0.39 is 0 Å². The van der Waals surface area contributed by atoms with Crippen molar-refractivity contribution < 1.29 is 9.90 Å². The van der Waals surface area contributed by atoms with E-state index in [4.69, 9.17) is 5.73 Å². The Kier molecular flexibility index (Phi) is 4.43. The number of benzene rings is 1. The molecule has 0 spiro atoms. The zero-order chi connectivity index (χ0) is 13.8. The molecule has 4 N–H and O–H groups in total. The molecule has 0 bridgehead atoms. The predicted octanol–water partition coefficient (Wildman–Crippen LogP) is 1.95. The van der Waals surface area contributed by atoms with E-state index in [0.29, 0.717) is 18.0 Å². The van der Waals surface area contributed by atoms with Gasteiger partial charge < -0.3 is 16.2 Å². The molecule has 104 valence electrons. The molecule has 1 aromatic rings. The number of carbonyl (C=O) groups is 1. The Balaban J connectivity index is 1.90. The summed E-state index contributed by atoms with van der Waals surface area (Å²) in [5.41, 5.74) is 7.21. The zero-order valence-corrected chi connectivity index (χ0v) is 11.4. The molecule has 1 amide bonds. The van der Waals surface area contributed by atoms with Crippen LogP contribution in [-0.4, -0.2) is 23.6 Å². The minimum absolute atomic E-state index is 0.0397. The Morgan fingerprint density at radius 2 is 2.26 bits per heavy atom. The number of amides is 1. The largest absolute Gasteiger partial charge is 0.507 e. The highest BCUT2D eigenvalue weighted by Gasteiger charge is 2.20. The minimum Gasteiger partial charge on any atom is -0.507 e. The average Bonchev–Trinajstić information content (AvgIpc) is 2.36. The monoisotopic (exact) mass is 262 g/mol. The number of aryl methyl sites for hydroxylation is 1. The molecule has 0 aromatic heterocycles. The molecule has 1 fully saturated rings. The van der Waals surface area contributed by atoms with Crippen molar-refractivity contribution in [2.75, 3.05) is 6.54 Å². The molecular formula is C15H22N2O2. The minimum atomic E-state index is -0.211. The van der Waals surface area contributed by atoms with Gasteiger partial charge in [0.1, 0.15) is 5.75 Å². The topological polar surface area (TPSA) is 75.4 Å². The lowest BCUT2D eigenvalue weighted by Crippen LogP contribution is -2.35. The maximum absolute atomic E-state index is 12.0. The maximum atomic E-state index is 12.0. The first-order chi connectivity index (χ1) is 9.06. The fraction of sp³-hybridized carbons (Fsp3) is 0.533. The Bertz CT molecular complexity index is 459. The molecule has 19 heavy (non-hydrogen) atoms. The third-order valence-electron chi connectivity index (χ3n) is 3.77. The second kappa shape index (κ2) is 6.06. The quantitative estimate of drug-likeness (QED) is 0.779.